The summed E-state index contributed by atoms with van der Waals surface area (Å²) in [5.74, 6) is 0.424. The Bertz CT molecular complexity index is 414. The van der Waals surface area contributed by atoms with Crippen LogP contribution >= 0.6 is 23.2 Å². The number of nitrogens with one attached hydrogen (secondary N) is 1. The van der Waals surface area contributed by atoms with Gasteiger partial charge in [-0.1, -0.05) is 23.2 Å². The van der Waals surface area contributed by atoms with Gasteiger partial charge in [0.2, 0.25) is 0 Å². The maximum atomic E-state index is 6.25. The van der Waals surface area contributed by atoms with Gasteiger partial charge in [0.15, 0.2) is 0 Å². The zero-order valence-corrected chi connectivity index (χ0v) is 12.5. The molecule has 0 saturated carbocycles. The zero-order chi connectivity index (χ0) is 13.7. The summed E-state index contributed by atoms with van der Waals surface area (Å²) in [6.45, 7) is 3.24. The summed E-state index contributed by atoms with van der Waals surface area (Å²) in [6.07, 6.45) is 1.06. The highest BCUT2D eigenvalue weighted by Gasteiger charge is 2.30. The van der Waals surface area contributed by atoms with Crippen molar-refractivity contribution >= 4 is 23.2 Å². The molecule has 2 rings (SSSR count). The first-order chi connectivity index (χ1) is 9.22. The number of ether oxygens (including phenoxy) is 2. The maximum absolute atomic E-state index is 6.25. The van der Waals surface area contributed by atoms with Crippen molar-refractivity contribution in [1.82, 2.24) is 5.32 Å². The molecule has 5 heteroatoms. The number of methoxy groups -OCH3 is 1. The predicted octanol–water partition coefficient (Wildman–Crippen LogP) is 3.31. The normalized spacial score (nSPS) is 22.9. The van der Waals surface area contributed by atoms with Crippen molar-refractivity contribution in [2.24, 2.45) is 5.92 Å². The van der Waals surface area contributed by atoms with E-state index in [1.165, 1.54) is 0 Å². The van der Waals surface area contributed by atoms with Gasteiger partial charge in [-0.15, -0.1) is 0 Å². The van der Waals surface area contributed by atoms with Gasteiger partial charge < -0.3 is 14.8 Å². The molecule has 19 heavy (non-hydrogen) atoms. The smallest absolute Gasteiger partial charge is 0.0880 e. The number of benzene rings is 1. The van der Waals surface area contributed by atoms with Crippen molar-refractivity contribution in [1.29, 1.82) is 0 Å². The quantitative estimate of drug-likeness (QED) is 0.818. The Morgan fingerprint density at radius 1 is 1.42 bits per heavy atom. The predicted molar refractivity (Wildman–Crippen MR) is 78.0 cm³/mol. The third-order valence-electron chi connectivity index (χ3n) is 3.37. The van der Waals surface area contributed by atoms with Gasteiger partial charge in [0.1, 0.15) is 0 Å². The van der Waals surface area contributed by atoms with Gasteiger partial charge >= 0.3 is 0 Å². The zero-order valence-electron chi connectivity index (χ0n) is 11.0. The first-order valence-electron chi connectivity index (χ1n) is 6.48. The summed E-state index contributed by atoms with van der Waals surface area (Å²) in [5, 5.41) is 4.80. The molecule has 3 nitrogen and oxygen atoms in total. The number of halogens is 2. The number of rotatable bonds is 6. The van der Waals surface area contributed by atoms with Crippen LogP contribution in [0.3, 0.4) is 0 Å². The molecule has 2 atom stereocenters. The highest BCUT2D eigenvalue weighted by Crippen LogP contribution is 2.38. The van der Waals surface area contributed by atoms with E-state index in [1.807, 2.05) is 12.1 Å². The minimum atomic E-state index is 0.0289. The highest BCUT2D eigenvalue weighted by molar-refractivity contribution is 6.33. The summed E-state index contributed by atoms with van der Waals surface area (Å²) < 4.78 is 10.9. The molecule has 1 aliphatic heterocycles. The van der Waals surface area contributed by atoms with Crippen molar-refractivity contribution < 1.29 is 9.47 Å². The van der Waals surface area contributed by atoms with Crippen molar-refractivity contribution in [3.05, 3.63) is 33.8 Å². The van der Waals surface area contributed by atoms with Crippen LogP contribution in [0.25, 0.3) is 0 Å². The Labute approximate surface area is 124 Å². The van der Waals surface area contributed by atoms with Gasteiger partial charge in [0.25, 0.3) is 0 Å². The first-order valence-corrected chi connectivity index (χ1v) is 7.24. The molecule has 1 fully saturated rings. The molecule has 0 radical (unpaired) electrons. The molecule has 2 unspecified atom stereocenters. The van der Waals surface area contributed by atoms with Crippen LogP contribution in [0.5, 0.6) is 0 Å². The topological polar surface area (TPSA) is 30.5 Å². The van der Waals surface area contributed by atoms with Gasteiger partial charge in [0, 0.05) is 48.3 Å². The summed E-state index contributed by atoms with van der Waals surface area (Å²) in [7, 11) is 1.70. The van der Waals surface area contributed by atoms with Gasteiger partial charge in [-0.25, -0.2) is 0 Å². The molecule has 0 bridgehead atoms. The van der Waals surface area contributed by atoms with Crippen molar-refractivity contribution in [2.45, 2.75) is 12.5 Å². The van der Waals surface area contributed by atoms with Crippen LogP contribution in [0, 0.1) is 5.92 Å². The van der Waals surface area contributed by atoms with E-state index >= 15 is 0 Å². The molecule has 1 saturated heterocycles. The minimum absolute atomic E-state index is 0.0289. The Morgan fingerprint density at radius 3 is 3.05 bits per heavy atom. The SMILES string of the molecule is COCCNCC1CCOC1c1cc(Cl)ccc1Cl. The minimum Gasteiger partial charge on any atom is -0.383 e. The highest BCUT2D eigenvalue weighted by atomic mass is 35.5. The molecule has 1 N–H and O–H groups in total. The van der Waals surface area contributed by atoms with Crippen LogP contribution in [0.1, 0.15) is 18.1 Å². The van der Waals surface area contributed by atoms with E-state index in [1.54, 1.807) is 13.2 Å². The first kappa shape index (κ1) is 15.1. The second kappa shape index (κ2) is 7.46. The fourth-order valence-corrected chi connectivity index (χ4v) is 2.79. The largest absolute Gasteiger partial charge is 0.383 e. The van der Waals surface area contributed by atoms with Crippen molar-refractivity contribution in [3.63, 3.8) is 0 Å². The second-order valence-corrected chi connectivity index (χ2v) is 5.55. The lowest BCUT2D eigenvalue weighted by Crippen LogP contribution is -2.27. The molecule has 1 aromatic carbocycles. The van der Waals surface area contributed by atoms with E-state index in [0.717, 1.165) is 43.3 Å². The van der Waals surface area contributed by atoms with Crippen LogP contribution in [0.4, 0.5) is 0 Å². The molecule has 1 heterocycles. The monoisotopic (exact) mass is 303 g/mol. The van der Waals surface area contributed by atoms with Crippen LogP contribution in [-0.2, 0) is 9.47 Å². The van der Waals surface area contributed by atoms with Crippen LogP contribution < -0.4 is 5.32 Å². The molecule has 1 aromatic rings. The van der Waals surface area contributed by atoms with Crippen molar-refractivity contribution in [3.8, 4) is 0 Å². The number of hydrogen-bond acceptors (Lipinski definition) is 3. The lowest BCUT2D eigenvalue weighted by Gasteiger charge is -2.20. The summed E-state index contributed by atoms with van der Waals surface area (Å²) in [4.78, 5) is 0. The third-order valence-corrected chi connectivity index (χ3v) is 3.95. The van der Waals surface area contributed by atoms with Gasteiger partial charge in [-0.2, -0.15) is 0 Å². The second-order valence-electron chi connectivity index (χ2n) is 4.70. The van der Waals surface area contributed by atoms with Crippen LogP contribution in [0.2, 0.25) is 10.0 Å². The summed E-state index contributed by atoms with van der Waals surface area (Å²) in [5.41, 5.74) is 0.991. The summed E-state index contributed by atoms with van der Waals surface area (Å²) >= 11 is 12.3. The molecule has 1 aliphatic rings. The third kappa shape index (κ3) is 4.07. The van der Waals surface area contributed by atoms with E-state index in [2.05, 4.69) is 5.32 Å². The Kier molecular flexibility index (Phi) is 5.92. The molecule has 0 amide bonds. The summed E-state index contributed by atoms with van der Waals surface area (Å²) in [6, 6.07) is 5.53. The molecule has 0 aliphatic carbocycles. The van der Waals surface area contributed by atoms with Gasteiger partial charge in [-0.05, 0) is 24.6 Å². The van der Waals surface area contributed by atoms with E-state index in [0.29, 0.717) is 10.9 Å². The van der Waals surface area contributed by atoms with E-state index in [-0.39, 0.29) is 6.10 Å². The van der Waals surface area contributed by atoms with Crippen LogP contribution in [-0.4, -0.2) is 33.4 Å². The van der Waals surface area contributed by atoms with E-state index in [9.17, 15) is 0 Å². The average Bonchev–Trinajstić information content (AvgIpc) is 2.86. The lowest BCUT2D eigenvalue weighted by atomic mass is 9.95. The Hall–Kier alpha value is -0.320. The average molecular weight is 304 g/mol. The molecular weight excluding hydrogens is 285 g/mol. The Balaban J connectivity index is 1.99. The molecule has 106 valence electrons. The maximum Gasteiger partial charge on any atom is 0.0880 e. The molecule has 0 spiro atoms. The van der Waals surface area contributed by atoms with Gasteiger partial charge in [-0.3, -0.25) is 0 Å². The fraction of sp³-hybridized carbons (Fsp3) is 0.571. The Morgan fingerprint density at radius 2 is 2.26 bits per heavy atom. The number of hydrogen-bond donors (Lipinski definition) is 1. The molecular formula is C14H19Cl2NO2. The van der Waals surface area contributed by atoms with Gasteiger partial charge in [0.05, 0.1) is 12.7 Å². The van der Waals surface area contributed by atoms with E-state index < -0.39 is 0 Å². The van der Waals surface area contributed by atoms with E-state index in [4.69, 9.17) is 32.7 Å². The molecule has 0 aromatic heterocycles. The standard InChI is InChI=1S/C14H19Cl2NO2/c1-18-7-5-17-9-10-4-6-19-14(10)12-8-11(15)2-3-13(12)16/h2-3,8,10,14,17H,4-7,9H2,1H3. The van der Waals surface area contributed by atoms with Crippen molar-refractivity contribution in [2.75, 3.05) is 33.4 Å². The fourth-order valence-electron chi connectivity index (χ4n) is 2.38. The lowest BCUT2D eigenvalue weighted by molar-refractivity contribution is 0.0899. The van der Waals surface area contributed by atoms with Crippen LogP contribution in [0.15, 0.2) is 18.2 Å².